The molecule has 21 heavy (non-hydrogen) atoms. The van der Waals surface area contributed by atoms with Crippen molar-refractivity contribution in [1.82, 2.24) is 5.32 Å². The van der Waals surface area contributed by atoms with Crippen LogP contribution in [0.25, 0.3) is 0 Å². The molecule has 0 aromatic heterocycles. The van der Waals surface area contributed by atoms with Gasteiger partial charge in [0.2, 0.25) is 5.91 Å². The lowest BCUT2D eigenvalue weighted by atomic mass is 9.94. The number of amides is 1. The number of unbranched alkanes of at least 4 members (excludes halogenated alkanes) is 1. The molecule has 0 aliphatic heterocycles. The predicted octanol–water partition coefficient (Wildman–Crippen LogP) is 4.80. The van der Waals surface area contributed by atoms with Gasteiger partial charge in [0.05, 0.1) is 0 Å². The molecule has 0 heterocycles. The maximum absolute atomic E-state index is 12.0. The molecule has 0 saturated carbocycles. The van der Waals surface area contributed by atoms with E-state index in [4.69, 9.17) is 0 Å². The molecule has 1 aliphatic carbocycles. The molecule has 1 amide bonds. The minimum atomic E-state index is -0.814. The van der Waals surface area contributed by atoms with Crippen LogP contribution in [0.5, 0.6) is 0 Å². The monoisotopic (exact) mass is 307 g/mol. The number of carbonyl (C=O) groups is 1. The van der Waals surface area contributed by atoms with Crippen molar-refractivity contribution in [3.8, 4) is 0 Å². The van der Waals surface area contributed by atoms with E-state index in [1.54, 1.807) is 0 Å². The zero-order valence-corrected chi connectivity index (χ0v) is 15.7. The summed E-state index contributed by atoms with van der Waals surface area (Å²) in [5.41, 5.74) is 3.32. The molecule has 3 atom stereocenters. The lowest BCUT2D eigenvalue weighted by Crippen LogP contribution is -2.30. The van der Waals surface area contributed by atoms with Crippen LogP contribution >= 0.6 is 0 Å². The molecule has 3 heteroatoms. The Morgan fingerprint density at radius 1 is 1.43 bits per heavy atom. The first-order valence-electron chi connectivity index (χ1n) is 8.74. The average Bonchev–Trinajstić information content (AvgIpc) is 2.96. The first kappa shape index (κ1) is 18.2. The SMILES string of the molecule is CCCCC1C=CC/C1=C(\NC(=O)CC)C(C)[SiH](C)CC. The molecule has 0 bridgehead atoms. The van der Waals surface area contributed by atoms with E-state index in [1.165, 1.54) is 36.6 Å². The van der Waals surface area contributed by atoms with Crippen LogP contribution in [-0.4, -0.2) is 14.7 Å². The highest BCUT2D eigenvalue weighted by Crippen LogP contribution is 2.35. The van der Waals surface area contributed by atoms with Crippen LogP contribution in [0, 0.1) is 5.92 Å². The molecule has 0 saturated heterocycles. The number of carbonyl (C=O) groups excluding carboxylic acids is 1. The molecule has 0 spiro atoms. The second-order valence-corrected chi connectivity index (χ2v) is 10.2. The van der Waals surface area contributed by atoms with Crippen molar-refractivity contribution in [3.63, 3.8) is 0 Å². The standard InChI is InChI=1S/C18H33NOSi/c1-6-9-11-15-12-10-13-16(15)18(19-17(20)7-2)14(4)21(5)8-3/h10,12,14-15,21H,6-9,11,13H2,1-5H3,(H,19,20)/b18-16+. The van der Waals surface area contributed by atoms with Crippen molar-refractivity contribution in [2.45, 2.75) is 77.9 Å². The fourth-order valence-electron chi connectivity index (χ4n) is 2.99. The molecule has 120 valence electrons. The molecule has 0 aromatic carbocycles. The van der Waals surface area contributed by atoms with Crippen LogP contribution in [0.4, 0.5) is 0 Å². The molecule has 0 aromatic rings. The van der Waals surface area contributed by atoms with Gasteiger partial charge in [-0.3, -0.25) is 4.79 Å². The summed E-state index contributed by atoms with van der Waals surface area (Å²) >= 11 is 0. The summed E-state index contributed by atoms with van der Waals surface area (Å²) in [6, 6.07) is 1.28. The van der Waals surface area contributed by atoms with Crippen LogP contribution in [0.2, 0.25) is 18.1 Å². The third kappa shape index (κ3) is 5.13. The lowest BCUT2D eigenvalue weighted by Gasteiger charge is -2.26. The molecule has 0 fully saturated rings. The molecule has 3 unspecified atom stereocenters. The van der Waals surface area contributed by atoms with Crippen molar-refractivity contribution >= 4 is 14.7 Å². The van der Waals surface area contributed by atoms with Crippen molar-refractivity contribution in [2.75, 3.05) is 0 Å². The number of rotatable bonds is 8. The van der Waals surface area contributed by atoms with Crippen LogP contribution in [0.1, 0.15) is 59.8 Å². The van der Waals surface area contributed by atoms with Gasteiger partial charge in [0, 0.05) is 26.8 Å². The summed E-state index contributed by atoms with van der Waals surface area (Å²) in [5.74, 6) is 0.723. The highest BCUT2D eigenvalue weighted by atomic mass is 28.3. The average molecular weight is 308 g/mol. The summed E-state index contributed by atoms with van der Waals surface area (Å²) < 4.78 is 0. The maximum atomic E-state index is 12.0. The molecule has 1 aliphatic rings. The largest absolute Gasteiger partial charge is 0.330 e. The van der Waals surface area contributed by atoms with E-state index in [0.29, 0.717) is 17.9 Å². The quantitative estimate of drug-likeness (QED) is 0.506. The molecule has 1 rings (SSSR count). The Morgan fingerprint density at radius 2 is 2.14 bits per heavy atom. The van der Waals surface area contributed by atoms with E-state index in [0.717, 1.165) is 6.42 Å². The third-order valence-electron chi connectivity index (χ3n) is 4.92. The highest BCUT2D eigenvalue weighted by Gasteiger charge is 2.26. The van der Waals surface area contributed by atoms with Gasteiger partial charge in [0.1, 0.15) is 0 Å². The van der Waals surface area contributed by atoms with E-state index in [2.05, 4.69) is 44.8 Å². The van der Waals surface area contributed by atoms with Gasteiger partial charge in [-0.2, -0.15) is 0 Å². The van der Waals surface area contributed by atoms with Crippen LogP contribution < -0.4 is 5.32 Å². The van der Waals surface area contributed by atoms with Gasteiger partial charge in [-0.05, 0) is 24.0 Å². The van der Waals surface area contributed by atoms with E-state index < -0.39 is 8.80 Å². The molecular formula is C18H33NOSi. The smallest absolute Gasteiger partial charge is 0.223 e. The lowest BCUT2D eigenvalue weighted by molar-refractivity contribution is -0.120. The number of allylic oxidation sites excluding steroid dienone is 4. The van der Waals surface area contributed by atoms with Crippen molar-refractivity contribution < 1.29 is 4.79 Å². The summed E-state index contributed by atoms with van der Waals surface area (Å²) in [7, 11) is -0.814. The van der Waals surface area contributed by atoms with Crippen LogP contribution in [0.3, 0.4) is 0 Å². The Labute approximate surface area is 132 Å². The Bertz CT molecular complexity index is 400. The Morgan fingerprint density at radius 3 is 2.71 bits per heavy atom. The first-order chi connectivity index (χ1) is 10.0. The van der Waals surface area contributed by atoms with Crippen molar-refractivity contribution in [1.29, 1.82) is 0 Å². The fourth-order valence-corrected chi connectivity index (χ4v) is 4.57. The maximum Gasteiger partial charge on any atom is 0.223 e. The topological polar surface area (TPSA) is 29.1 Å². The Kier molecular flexibility index (Phi) is 8.01. The summed E-state index contributed by atoms with van der Waals surface area (Å²) in [5, 5.41) is 3.27. The molecule has 0 radical (unpaired) electrons. The van der Waals surface area contributed by atoms with E-state index >= 15 is 0 Å². The van der Waals surface area contributed by atoms with Gasteiger partial charge < -0.3 is 5.32 Å². The summed E-state index contributed by atoms with van der Waals surface area (Å²) in [6.45, 7) is 11.2. The second kappa shape index (κ2) is 9.24. The highest BCUT2D eigenvalue weighted by molar-refractivity contribution is 6.59. The van der Waals surface area contributed by atoms with Gasteiger partial charge >= 0.3 is 0 Å². The van der Waals surface area contributed by atoms with Crippen LogP contribution in [-0.2, 0) is 4.79 Å². The first-order valence-corrected chi connectivity index (χ1v) is 11.4. The Balaban J connectivity index is 3.02. The minimum Gasteiger partial charge on any atom is -0.330 e. The van der Waals surface area contributed by atoms with E-state index in [9.17, 15) is 4.79 Å². The summed E-state index contributed by atoms with van der Waals surface area (Å²) in [6.07, 6.45) is 9.98. The van der Waals surface area contributed by atoms with Crippen LogP contribution in [0.15, 0.2) is 23.4 Å². The third-order valence-corrected chi connectivity index (χ3v) is 8.24. The zero-order valence-electron chi connectivity index (χ0n) is 14.5. The van der Waals surface area contributed by atoms with E-state index in [1.807, 2.05) is 6.92 Å². The predicted molar refractivity (Wildman–Crippen MR) is 95.1 cm³/mol. The summed E-state index contributed by atoms with van der Waals surface area (Å²) in [4.78, 5) is 12.0. The zero-order chi connectivity index (χ0) is 15.8. The minimum absolute atomic E-state index is 0.169. The fraction of sp³-hybridized carbons (Fsp3) is 0.722. The van der Waals surface area contributed by atoms with Crippen molar-refractivity contribution in [2.24, 2.45) is 5.92 Å². The van der Waals surface area contributed by atoms with Gasteiger partial charge in [0.15, 0.2) is 0 Å². The number of hydrogen-bond donors (Lipinski definition) is 1. The second-order valence-electron chi connectivity index (χ2n) is 6.40. The molecule has 2 nitrogen and oxygen atoms in total. The Hall–Kier alpha value is -0.833. The number of nitrogens with one attached hydrogen (secondary N) is 1. The van der Waals surface area contributed by atoms with Gasteiger partial charge in [-0.25, -0.2) is 0 Å². The van der Waals surface area contributed by atoms with Crippen molar-refractivity contribution in [3.05, 3.63) is 23.4 Å². The van der Waals surface area contributed by atoms with Gasteiger partial charge in [0.25, 0.3) is 0 Å². The normalized spacial score (nSPS) is 23.0. The molecule has 1 N–H and O–H groups in total. The van der Waals surface area contributed by atoms with Gasteiger partial charge in [-0.15, -0.1) is 0 Å². The van der Waals surface area contributed by atoms with E-state index in [-0.39, 0.29) is 5.91 Å². The van der Waals surface area contributed by atoms with Gasteiger partial charge in [-0.1, -0.05) is 65.3 Å². The number of hydrogen-bond acceptors (Lipinski definition) is 1. The molecular weight excluding hydrogens is 274 g/mol.